The highest BCUT2D eigenvalue weighted by atomic mass is 16.2. The van der Waals surface area contributed by atoms with Crippen LogP contribution >= 0.6 is 0 Å². The van der Waals surface area contributed by atoms with E-state index in [4.69, 9.17) is 0 Å². The molecule has 0 aliphatic carbocycles. The molecule has 0 unspecified atom stereocenters. The molecule has 4 rings (SSSR count). The molecule has 3 aromatic carbocycles. The van der Waals surface area contributed by atoms with Crippen LogP contribution in [0.15, 0.2) is 84.9 Å². The van der Waals surface area contributed by atoms with Gasteiger partial charge in [0.1, 0.15) is 0 Å². The summed E-state index contributed by atoms with van der Waals surface area (Å²) in [6.45, 7) is 2.02. The van der Waals surface area contributed by atoms with Gasteiger partial charge in [-0.1, -0.05) is 78.9 Å². The number of urea groups is 1. The molecule has 2 atom stereocenters. The molecule has 1 heterocycles. The van der Waals surface area contributed by atoms with E-state index in [2.05, 4.69) is 23.5 Å². The topological polar surface area (TPSA) is 32.3 Å². The lowest BCUT2D eigenvalue weighted by Crippen LogP contribution is -2.41. The number of hydrogen-bond acceptors (Lipinski definition) is 1. The molecular formula is C23H22N2O. The molecule has 3 nitrogen and oxygen atoms in total. The number of nitrogens with one attached hydrogen (secondary N) is 1. The van der Waals surface area contributed by atoms with Gasteiger partial charge in [-0.2, -0.15) is 0 Å². The lowest BCUT2D eigenvalue weighted by molar-refractivity contribution is 0.242. The Kier molecular flexibility index (Phi) is 4.44. The third-order valence-corrected chi connectivity index (χ3v) is 5.02. The number of carbonyl (C=O) groups is 1. The zero-order valence-corrected chi connectivity index (χ0v) is 14.8. The molecule has 1 N–H and O–H groups in total. The first-order valence-electron chi connectivity index (χ1n) is 9.01. The zero-order valence-electron chi connectivity index (χ0n) is 14.8. The summed E-state index contributed by atoms with van der Waals surface area (Å²) in [5, 5.41) is 3.17. The SMILES string of the molecule is C[C@@H](NC(=O)N1c2ccccc2C[C@@H]1c1ccccc1)c1ccccc1. The maximum atomic E-state index is 13.2. The van der Waals surface area contributed by atoms with Gasteiger partial charge in [0.2, 0.25) is 0 Å². The van der Waals surface area contributed by atoms with Crippen LogP contribution in [0.2, 0.25) is 0 Å². The maximum Gasteiger partial charge on any atom is 0.322 e. The molecule has 3 heteroatoms. The summed E-state index contributed by atoms with van der Waals surface area (Å²) in [6, 6.07) is 28.4. The number of amides is 2. The van der Waals surface area contributed by atoms with E-state index < -0.39 is 0 Å². The number of hydrogen-bond donors (Lipinski definition) is 1. The fourth-order valence-electron chi connectivity index (χ4n) is 3.66. The second-order valence-corrected chi connectivity index (χ2v) is 6.71. The third kappa shape index (κ3) is 3.08. The summed E-state index contributed by atoms with van der Waals surface area (Å²) in [5.74, 6) is 0. The molecule has 1 aliphatic heterocycles. The van der Waals surface area contributed by atoms with Crippen molar-refractivity contribution in [2.45, 2.75) is 25.4 Å². The van der Waals surface area contributed by atoms with Crippen molar-refractivity contribution in [3.63, 3.8) is 0 Å². The van der Waals surface area contributed by atoms with E-state index in [1.807, 2.05) is 78.6 Å². The highest BCUT2D eigenvalue weighted by Crippen LogP contribution is 2.40. The number of benzene rings is 3. The predicted octanol–water partition coefficient (Wildman–Crippen LogP) is 5.26. The Morgan fingerprint density at radius 3 is 2.27 bits per heavy atom. The number of rotatable bonds is 3. The minimum atomic E-state index is -0.0554. The van der Waals surface area contributed by atoms with Crippen molar-refractivity contribution in [2.24, 2.45) is 0 Å². The smallest absolute Gasteiger partial charge is 0.322 e. The quantitative estimate of drug-likeness (QED) is 0.692. The lowest BCUT2D eigenvalue weighted by atomic mass is 10.0. The highest BCUT2D eigenvalue weighted by Gasteiger charge is 2.35. The predicted molar refractivity (Wildman–Crippen MR) is 105 cm³/mol. The average Bonchev–Trinajstić information content (AvgIpc) is 3.09. The number of para-hydroxylation sites is 1. The summed E-state index contributed by atoms with van der Waals surface area (Å²) in [7, 11) is 0. The molecule has 0 radical (unpaired) electrons. The molecule has 1 aliphatic rings. The van der Waals surface area contributed by atoms with Gasteiger partial charge in [-0.3, -0.25) is 4.90 Å². The average molecular weight is 342 g/mol. The van der Waals surface area contributed by atoms with Crippen molar-refractivity contribution in [3.8, 4) is 0 Å². The fourth-order valence-corrected chi connectivity index (χ4v) is 3.66. The van der Waals surface area contributed by atoms with Crippen molar-refractivity contribution in [2.75, 3.05) is 4.90 Å². The summed E-state index contributed by atoms with van der Waals surface area (Å²) in [6.07, 6.45) is 0.841. The fraction of sp³-hybridized carbons (Fsp3) is 0.174. The van der Waals surface area contributed by atoms with Gasteiger partial charge in [-0.25, -0.2) is 4.79 Å². The minimum absolute atomic E-state index is 0.0246. The monoisotopic (exact) mass is 342 g/mol. The van der Waals surface area contributed by atoms with Crippen LogP contribution in [0.4, 0.5) is 10.5 Å². The Balaban J connectivity index is 1.63. The Bertz CT molecular complexity index is 892. The molecule has 0 saturated carbocycles. The molecule has 2 amide bonds. The van der Waals surface area contributed by atoms with Crippen molar-refractivity contribution in [3.05, 3.63) is 102 Å². The normalized spacial score (nSPS) is 16.8. The number of anilines is 1. The van der Waals surface area contributed by atoms with E-state index in [0.717, 1.165) is 23.2 Å². The van der Waals surface area contributed by atoms with E-state index >= 15 is 0 Å². The second kappa shape index (κ2) is 7.04. The number of carbonyl (C=O) groups excluding carboxylic acids is 1. The van der Waals surface area contributed by atoms with E-state index in [-0.39, 0.29) is 18.1 Å². The molecule has 26 heavy (non-hydrogen) atoms. The van der Waals surface area contributed by atoms with Gasteiger partial charge < -0.3 is 5.32 Å². The molecule has 0 saturated heterocycles. The van der Waals surface area contributed by atoms with Crippen LogP contribution < -0.4 is 10.2 Å². The largest absolute Gasteiger partial charge is 0.331 e. The third-order valence-electron chi connectivity index (χ3n) is 5.02. The van der Waals surface area contributed by atoms with Crippen molar-refractivity contribution in [1.82, 2.24) is 5.32 Å². The summed E-state index contributed by atoms with van der Waals surface area (Å²) in [4.78, 5) is 15.1. The first kappa shape index (κ1) is 16.4. The maximum absolute atomic E-state index is 13.2. The van der Waals surface area contributed by atoms with Crippen LogP contribution in [0.1, 0.15) is 35.7 Å². The van der Waals surface area contributed by atoms with Gasteiger partial charge in [0.25, 0.3) is 0 Å². The Hall–Kier alpha value is -3.07. The van der Waals surface area contributed by atoms with Crippen LogP contribution in [0, 0.1) is 0 Å². The van der Waals surface area contributed by atoms with Crippen LogP contribution in [0.3, 0.4) is 0 Å². The van der Waals surface area contributed by atoms with Gasteiger partial charge in [0.05, 0.1) is 12.1 Å². The van der Waals surface area contributed by atoms with Gasteiger partial charge in [0.15, 0.2) is 0 Å². The standard InChI is InChI=1S/C23H22N2O/c1-17(18-10-4-2-5-11-18)24-23(26)25-21-15-9-8-14-20(21)16-22(25)19-12-6-3-7-13-19/h2-15,17,22H,16H2,1H3,(H,24,26)/t17-,22-/m1/s1. The Morgan fingerprint density at radius 2 is 1.54 bits per heavy atom. The van der Waals surface area contributed by atoms with Crippen molar-refractivity contribution in [1.29, 1.82) is 0 Å². The number of fused-ring (bicyclic) bond motifs is 1. The molecule has 130 valence electrons. The highest BCUT2D eigenvalue weighted by molar-refractivity contribution is 5.95. The molecular weight excluding hydrogens is 320 g/mol. The van der Waals surface area contributed by atoms with Crippen molar-refractivity contribution < 1.29 is 4.79 Å². The molecule has 0 fully saturated rings. The first-order valence-corrected chi connectivity index (χ1v) is 9.01. The van der Waals surface area contributed by atoms with Crippen LogP contribution in [0.5, 0.6) is 0 Å². The Labute approximate surface area is 154 Å². The van der Waals surface area contributed by atoms with E-state index in [1.54, 1.807) is 0 Å². The summed E-state index contributed by atoms with van der Waals surface area (Å²) >= 11 is 0. The van der Waals surface area contributed by atoms with Gasteiger partial charge in [-0.05, 0) is 36.1 Å². The van der Waals surface area contributed by atoms with Crippen molar-refractivity contribution >= 4 is 11.7 Å². The summed E-state index contributed by atoms with van der Waals surface area (Å²) in [5.41, 5.74) is 4.47. The van der Waals surface area contributed by atoms with Gasteiger partial charge in [-0.15, -0.1) is 0 Å². The van der Waals surface area contributed by atoms with Crippen LogP contribution in [0.25, 0.3) is 0 Å². The van der Waals surface area contributed by atoms with E-state index in [9.17, 15) is 4.79 Å². The molecule has 3 aromatic rings. The van der Waals surface area contributed by atoms with Gasteiger partial charge >= 0.3 is 6.03 Å². The Morgan fingerprint density at radius 1 is 0.923 bits per heavy atom. The van der Waals surface area contributed by atoms with E-state index in [1.165, 1.54) is 5.56 Å². The molecule has 0 bridgehead atoms. The minimum Gasteiger partial charge on any atom is -0.331 e. The van der Waals surface area contributed by atoms with Crippen LogP contribution in [-0.4, -0.2) is 6.03 Å². The second-order valence-electron chi connectivity index (χ2n) is 6.71. The van der Waals surface area contributed by atoms with E-state index in [0.29, 0.717) is 0 Å². The number of nitrogens with zero attached hydrogens (tertiary/aromatic N) is 1. The molecule has 0 aromatic heterocycles. The first-order chi connectivity index (χ1) is 12.7. The van der Waals surface area contributed by atoms with Crippen LogP contribution in [-0.2, 0) is 6.42 Å². The zero-order chi connectivity index (χ0) is 17.9. The lowest BCUT2D eigenvalue weighted by Gasteiger charge is -2.28. The van der Waals surface area contributed by atoms with Gasteiger partial charge in [0, 0.05) is 5.69 Å². The summed E-state index contributed by atoms with van der Waals surface area (Å²) < 4.78 is 0. The molecule has 0 spiro atoms.